The summed E-state index contributed by atoms with van der Waals surface area (Å²) in [6.07, 6.45) is 0.864. The summed E-state index contributed by atoms with van der Waals surface area (Å²) in [4.78, 5) is 25.3. The first-order chi connectivity index (χ1) is 14.9. The molecule has 0 radical (unpaired) electrons. The Morgan fingerprint density at radius 1 is 1.03 bits per heavy atom. The highest BCUT2D eigenvalue weighted by Crippen LogP contribution is 2.43. The second kappa shape index (κ2) is 8.29. The predicted octanol–water partition coefficient (Wildman–Crippen LogP) is 5.28. The van der Waals surface area contributed by atoms with Crippen molar-refractivity contribution < 1.29 is 14.8 Å². The normalized spacial score (nSPS) is 17.1. The summed E-state index contributed by atoms with van der Waals surface area (Å²) < 4.78 is 0. The van der Waals surface area contributed by atoms with Crippen LogP contribution in [0.5, 0.6) is 5.75 Å². The Morgan fingerprint density at radius 2 is 1.65 bits per heavy atom. The number of aromatic hydroxyl groups is 1. The monoisotopic (exact) mass is 455 g/mol. The predicted molar refractivity (Wildman–Crippen MR) is 119 cm³/mol. The maximum atomic E-state index is 13.4. The fourth-order valence-corrected chi connectivity index (χ4v) is 4.03. The van der Waals surface area contributed by atoms with Gasteiger partial charge >= 0.3 is 0 Å². The van der Waals surface area contributed by atoms with Crippen molar-refractivity contribution in [2.24, 2.45) is 0 Å². The molecule has 7 nitrogen and oxygen atoms in total. The molecule has 3 aromatic carbocycles. The topological polar surface area (TPSA) is 95.7 Å². The molecule has 1 unspecified atom stereocenters. The van der Waals surface area contributed by atoms with Crippen LogP contribution in [0.4, 0.5) is 11.4 Å². The molecule has 1 atom stereocenters. The lowest BCUT2D eigenvalue weighted by Crippen LogP contribution is -2.30. The second-order valence-corrected chi connectivity index (χ2v) is 7.58. The van der Waals surface area contributed by atoms with Gasteiger partial charge in [0, 0.05) is 17.7 Å². The van der Waals surface area contributed by atoms with Gasteiger partial charge in [0.2, 0.25) is 0 Å². The third-order valence-electron chi connectivity index (χ3n) is 4.80. The smallest absolute Gasteiger partial charge is 0.276 e. The van der Waals surface area contributed by atoms with E-state index in [-0.39, 0.29) is 32.9 Å². The zero-order chi connectivity index (χ0) is 22.1. The van der Waals surface area contributed by atoms with Crippen molar-refractivity contribution in [2.75, 3.05) is 4.90 Å². The average molecular weight is 456 g/mol. The number of nitrogens with zero attached hydrogens (tertiary/aromatic N) is 2. The molecule has 31 heavy (non-hydrogen) atoms. The Morgan fingerprint density at radius 3 is 2.26 bits per heavy atom. The SMILES string of the molecule is O=C1C(=Cc2ccccc2O)NC(c2ccccc2)N1c1c(Cl)cc([N+](=O)[O-])cc1Cl. The van der Waals surface area contributed by atoms with Crippen LogP contribution in [0.25, 0.3) is 6.08 Å². The summed E-state index contributed by atoms with van der Waals surface area (Å²) >= 11 is 12.7. The number of hydrogen-bond donors (Lipinski definition) is 2. The number of carbonyl (C=O) groups is 1. The molecular weight excluding hydrogens is 441 g/mol. The minimum atomic E-state index is -0.665. The molecule has 9 heteroatoms. The first kappa shape index (κ1) is 20.7. The molecule has 0 saturated carbocycles. The maximum Gasteiger partial charge on any atom is 0.276 e. The highest BCUT2D eigenvalue weighted by atomic mass is 35.5. The van der Waals surface area contributed by atoms with Gasteiger partial charge in [0.05, 0.1) is 20.7 Å². The third-order valence-corrected chi connectivity index (χ3v) is 5.38. The first-order valence-corrected chi connectivity index (χ1v) is 9.90. The van der Waals surface area contributed by atoms with Crippen LogP contribution in [0.3, 0.4) is 0 Å². The third kappa shape index (κ3) is 3.93. The Bertz CT molecular complexity index is 1190. The van der Waals surface area contributed by atoms with E-state index >= 15 is 0 Å². The molecular formula is C22H15Cl2N3O4. The van der Waals surface area contributed by atoms with Crippen molar-refractivity contribution in [3.05, 3.63) is 104 Å². The Hall–Kier alpha value is -3.55. The first-order valence-electron chi connectivity index (χ1n) is 9.15. The fraction of sp³-hybridized carbons (Fsp3) is 0.0455. The van der Waals surface area contributed by atoms with E-state index in [4.69, 9.17) is 23.2 Å². The molecule has 4 rings (SSSR count). The molecule has 1 aliphatic rings. The Labute approximate surface area is 187 Å². The van der Waals surface area contributed by atoms with Crippen molar-refractivity contribution in [1.82, 2.24) is 5.32 Å². The van der Waals surface area contributed by atoms with E-state index < -0.39 is 17.0 Å². The molecule has 1 amide bonds. The summed E-state index contributed by atoms with van der Waals surface area (Å²) in [7, 11) is 0. The van der Waals surface area contributed by atoms with Gasteiger partial charge in [0.1, 0.15) is 17.6 Å². The van der Waals surface area contributed by atoms with Crippen LogP contribution in [0.1, 0.15) is 17.3 Å². The van der Waals surface area contributed by atoms with Gasteiger partial charge in [-0.25, -0.2) is 0 Å². The molecule has 1 aliphatic heterocycles. The number of rotatable bonds is 4. The number of halogens is 2. The van der Waals surface area contributed by atoms with Crippen molar-refractivity contribution in [1.29, 1.82) is 0 Å². The van der Waals surface area contributed by atoms with Crippen molar-refractivity contribution in [3.8, 4) is 5.75 Å². The van der Waals surface area contributed by atoms with Gasteiger partial charge in [0.15, 0.2) is 0 Å². The van der Waals surface area contributed by atoms with E-state index in [0.29, 0.717) is 5.56 Å². The summed E-state index contributed by atoms with van der Waals surface area (Å²) in [6, 6.07) is 18.1. The minimum absolute atomic E-state index is 0.0192. The standard InChI is InChI=1S/C22H15Cl2N3O4/c23-16-11-15(27(30)31)12-17(24)20(16)26-21(13-6-2-1-3-7-13)25-18(22(26)29)10-14-8-4-5-9-19(14)28/h1-12,21,25,28H. The van der Waals surface area contributed by atoms with E-state index in [2.05, 4.69) is 5.32 Å². The van der Waals surface area contributed by atoms with E-state index in [9.17, 15) is 20.0 Å². The van der Waals surface area contributed by atoms with Crippen LogP contribution in [0.2, 0.25) is 10.0 Å². The van der Waals surface area contributed by atoms with E-state index in [0.717, 1.165) is 17.7 Å². The van der Waals surface area contributed by atoms with Gasteiger partial charge in [0.25, 0.3) is 11.6 Å². The fourth-order valence-electron chi connectivity index (χ4n) is 3.38. The maximum absolute atomic E-state index is 13.4. The lowest BCUT2D eigenvalue weighted by Gasteiger charge is -2.25. The molecule has 0 bridgehead atoms. The molecule has 0 aliphatic carbocycles. The molecule has 1 fully saturated rings. The highest BCUT2D eigenvalue weighted by Gasteiger charge is 2.39. The number of hydrogen-bond acceptors (Lipinski definition) is 5. The number of nitro benzene ring substituents is 1. The van der Waals surface area contributed by atoms with Gasteiger partial charge in [-0.15, -0.1) is 0 Å². The average Bonchev–Trinajstić information content (AvgIpc) is 3.06. The van der Waals surface area contributed by atoms with Crippen LogP contribution in [0, 0.1) is 10.1 Å². The van der Waals surface area contributed by atoms with Gasteiger partial charge in [-0.05, 0) is 17.7 Å². The van der Waals surface area contributed by atoms with Gasteiger partial charge < -0.3 is 10.4 Å². The number of nitro groups is 1. The zero-order valence-corrected chi connectivity index (χ0v) is 17.3. The number of benzene rings is 3. The largest absolute Gasteiger partial charge is 0.507 e. The second-order valence-electron chi connectivity index (χ2n) is 6.76. The number of non-ortho nitro benzene ring substituents is 1. The van der Waals surface area contributed by atoms with E-state index in [1.165, 1.54) is 17.0 Å². The zero-order valence-electron chi connectivity index (χ0n) is 15.8. The minimum Gasteiger partial charge on any atom is -0.507 e. The van der Waals surface area contributed by atoms with Crippen LogP contribution < -0.4 is 10.2 Å². The quantitative estimate of drug-likeness (QED) is 0.316. The van der Waals surface area contributed by atoms with Gasteiger partial charge in [-0.3, -0.25) is 19.8 Å². The molecule has 3 aromatic rings. The molecule has 1 heterocycles. The van der Waals surface area contributed by atoms with Crippen LogP contribution in [-0.4, -0.2) is 15.9 Å². The lowest BCUT2D eigenvalue weighted by molar-refractivity contribution is -0.384. The summed E-state index contributed by atoms with van der Waals surface area (Å²) in [6.45, 7) is 0. The van der Waals surface area contributed by atoms with Crippen molar-refractivity contribution in [3.63, 3.8) is 0 Å². The molecule has 0 aromatic heterocycles. The number of phenolic OH excluding ortho intramolecular Hbond substituents is 1. The van der Waals surface area contributed by atoms with Crippen molar-refractivity contribution >= 4 is 46.6 Å². The van der Waals surface area contributed by atoms with E-state index in [1.807, 2.05) is 30.3 Å². The number of amides is 1. The summed E-state index contributed by atoms with van der Waals surface area (Å²) in [5.41, 5.74) is 1.29. The molecule has 156 valence electrons. The van der Waals surface area contributed by atoms with Crippen molar-refractivity contribution in [2.45, 2.75) is 6.17 Å². The highest BCUT2D eigenvalue weighted by molar-refractivity contribution is 6.40. The lowest BCUT2D eigenvalue weighted by atomic mass is 10.1. The van der Waals surface area contributed by atoms with Crippen LogP contribution >= 0.6 is 23.2 Å². The van der Waals surface area contributed by atoms with E-state index in [1.54, 1.807) is 18.2 Å². The number of carbonyl (C=O) groups excluding carboxylic acids is 1. The number of phenols is 1. The molecule has 0 spiro atoms. The Kier molecular flexibility index (Phi) is 5.54. The molecule has 1 saturated heterocycles. The summed E-state index contributed by atoms with van der Waals surface area (Å²) in [5.74, 6) is -0.430. The van der Waals surface area contributed by atoms with Gasteiger partial charge in [-0.1, -0.05) is 71.7 Å². The number of nitrogens with one attached hydrogen (secondary N) is 1. The van der Waals surface area contributed by atoms with Crippen LogP contribution in [0.15, 0.2) is 72.4 Å². The Balaban J connectivity index is 1.86. The van der Waals surface area contributed by atoms with Crippen LogP contribution in [-0.2, 0) is 4.79 Å². The number of para-hydroxylation sites is 1. The molecule has 2 N–H and O–H groups in total. The van der Waals surface area contributed by atoms with Gasteiger partial charge in [-0.2, -0.15) is 0 Å². The number of anilines is 1. The summed E-state index contributed by atoms with van der Waals surface area (Å²) in [5, 5.41) is 24.3.